The molecule has 0 saturated carbocycles. The van der Waals surface area contributed by atoms with Crippen LogP contribution in [0.3, 0.4) is 0 Å². The predicted octanol–water partition coefficient (Wildman–Crippen LogP) is 5.00. The van der Waals surface area contributed by atoms with Crippen molar-refractivity contribution in [3.8, 4) is 5.75 Å². The highest BCUT2D eigenvalue weighted by Crippen LogP contribution is 2.36. The summed E-state index contributed by atoms with van der Waals surface area (Å²) < 4.78 is 10.1. The average molecular weight is 430 g/mol. The molecule has 2 rings (SSSR count). The Kier molecular flexibility index (Phi) is 6.86. The SMILES string of the molecule is CCOC(=O)c1c(NC(=O)c2cc(Cl)c(OC)c(Cl)c2)sc(C(C)=O)c1C. The van der Waals surface area contributed by atoms with Crippen LogP contribution in [-0.4, -0.2) is 31.4 Å². The van der Waals surface area contributed by atoms with E-state index in [-0.39, 0.29) is 44.3 Å². The Morgan fingerprint density at radius 2 is 1.78 bits per heavy atom. The highest BCUT2D eigenvalue weighted by atomic mass is 35.5. The van der Waals surface area contributed by atoms with Gasteiger partial charge in [-0.25, -0.2) is 4.79 Å². The maximum absolute atomic E-state index is 12.6. The van der Waals surface area contributed by atoms with E-state index in [1.54, 1.807) is 13.8 Å². The fourth-order valence-electron chi connectivity index (χ4n) is 2.45. The average Bonchev–Trinajstić information content (AvgIpc) is 2.91. The van der Waals surface area contributed by atoms with Crippen LogP contribution < -0.4 is 10.1 Å². The number of hydrogen-bond acceptors (Lipinski definition) is 6. The number of ketones is 1. The van der Waals surface area contributed by atoms with Crippen LogP contribution in [0.15, 0.2) is 12.1 Å². The molecule has 0 aliphatic rings. The molecule has 0 aliphatic carbocycles. The first-order valence-electron chi connectivity index (χ1n) is 7.87. The zero-order chi connectivity index (χ0) is 20.3. The molecule has 1 aromatic carbocycles. The summed E-state index contributed by atoms with van der Waals surface area (Å²) in [5.41, 5.74) is 0.800. The second-order valence-corrected chi connectivity index (χ2v) is 7.30. The number of halogens is 2. The third-order valence-electron chi connectivity index (χ3n) is 3.64. The largest absolute Gasteiger partial charge is 0.494 e. The van der Waals surface area contributed by atoms with Crippen LogP contribution in [0.4, 0.5) is 5.00 Å². The van der Waals surface area contributed by atoms with Gasteiger partial charge >= 0.3 is 5.97 Å². The van der Waals surface area contributed by atoms with Gasteiger partial charge in [-0.05, 0) is 38.5 Å². The Morgan fingerprint density at radius 3 is 2.26 bits per heavy atom. The molecule has 6 nitrogen and oxygen atoms in total. The number of ether oxygens (including phenoxy) is 2. The Morgan fingerprint density at radius 1 is 1.19 bits per heavy atom. The van der Waals surface area contributed by atoms with E-state index in [1.807, 2.05) is 0 Å². The van der Waals surface area contributed by atoms with Gasteiger partial charge in [-0.1, -0.05) is 23.2 Å². The monoisotopic (exact) mass is 429 g/mol. The fourth-order valence-corrected chi connectivity index (χ4v) is 4.17. The van der Waals surface area contributed by atoms with Crippen molar-refractivity contribution in [3.63, 3.8) is 0 Å². The van der Waals surface area contributed by atoms with Gasteiger partial charge in [-0.2, -0.15) is 0 Å². The van der Waals surface area contributed by atoms with Gasteiger partial charge in [0.15, 0.2) is 11.5 Å². The van der Waals surface area contributed by atoms with Gasteiger partial charge in [-0.15, -0.1) is 11.3 Å². The minimum Gasteiger partial charge on any atom is -0.494 e. The predicted molar refractivity (Wildman–Crippen MR) is 106 cm³/mol. The zero-order valence-electron chi connectivity index (χ0n) is 15.1. The summed E-state index contributed by atoms with van der Waals surface area (Å²) in [5.74, 6) is -1.10. The molecule has 0 saturated heterocycles. The number of hydrogen-bond donors (Lipinski definition) is 1. The summed E-state index contributed by atoms with van der Waals surface area (Å²) in [4.78, 5) is 37.1. The Bertz CT molecular complexity index is 900. The van der Waals surface area contributed by atoms with Gasteiger partial charge < -0.3 is 14.8 Å². The Hall–Kier alpha value is -2.09. The molecule has 1 aromatic heterocycles. The summed E-state index contributed by atoms with van der Waals surface area (Å²) in [7, 11) is 1.41. The van der Waals surface area contributed by atoms with E-state index in [0.717, 1.165) is 11.3 Å². The van der Waals surface area contributed by atoms with Gasteiger partial charge in [0, 0.05) is 5.56 Å². The molecule has 0 bridgehead atoms. The number of amides is 1. The number of anilines is 1. The quantitative estimate of drug-likeness (QED) is 0.515. The van der Waals surface area contributed by atoms with Gasteiger partial charge in [0.1, 0.15) is 5.00 Å². The highest BCUT2D eigenvalue weighted by molar-refractivity contribution is 7.18. The molecule has 1 heterocycles. The second-order valence-electron chi connectivity index (χ2n) is 5.46. The number of rotatable bonds is 6. The standard InChI is InChI=1S/C18H17Cl2NO5S/c1-5-26-18(24)13-8(2)15(9(3)22)27-17(13)21-16(23)10-6-11(19)14(25-4)12(20)7-10/h6-7H,5H2,1-4H3,(H,21,23). The lowest BCUT2D eigenvalue weighted by Gasteiger charge is -2.10. The number of nitrogens with one attached hydrogen (secondary N) is 1. The van der Waals surface area contributed by atoms with Crippen molar-refractivity contribution in [1.29, 1.82) is 0 Å². The highest BCUT2D eigenvalue weighted by Gasteiger charge is 2.26. The summed E-state index contributed by atoms with van der Waals surface area (Å²) in [6.07, 6.45) is 0. The summed E-state index contributed by atoms with van der Waals surface area (Å²) in [6, 6.07) is 2.80. The summed E-state index contributed by atoms with van der Waals surface area (Å²) in [5, 5.41) is 3.22. The summed E-state index contributed by atoms with van der Waals surface area (Å²) in [6.45, 7) is 4.87. The van der Waals surface area contributed by atoms with Gasteiger partial charge in [0.2, 0.25) is 0 Å². The molecule has 2 aromatic rings. The van der Waals surface area contributed by atoms with Crippen LogP contribution in [0.25, 0.3) is 0 Å². The molecule has 0 spiro atoms. The normalized spacial score (nSPS) is 10.4. The van der Waals surface area contributed by atoms with Crippen molar-refractivity contribution in [2.45, 2.75) is 20.8 Å². The lowest BCUT2D eigenvalue weighted by atomic mass is 10.1. The fraction of sp³-hybridized carbons (Fsp3) is 0.278. The molecule has 9 heteroatoms. The van der Waals surface area contributed by atoms with Gasteiger partial charge in [0.05, 0.1) is 34.2 Å². The van der Waals surface area contributed by atoms with Gasteiger partial charge in [0.25, 0.3) is 5.91 Å². The molecular formula is C18H17Cl2NO5S. The lowest BCUT2D eigenvalue weighted by Crippen LogP contribution is -2.15. The van der Waals surface area contributed by atoms with E-state index >= 15 is 0 Å². The van der Waals surface area contributed by atoms with Crippen molar-refractivity contribution < 1.29 is 23.9 Å². The van der Waals surface area contributed by atoms with E-state index in [9.17, 15) is 14.4 Å². The van der Waals surface area contributed by atoms with Crippen molar-refractivity contribution in [2.24, 2.45) is 0 Å². The maximum Gasteiger partial charge on any atom is 0.341 e. The Balaban J connectivity index is 2.44. The van der Waals surface area contributed by atoms with Crippen molar-refractivity contribution >= 4 is 57.2 Å². The van der Waals surface area contributed by atoms with Crippen molar-refractivity contribution in [1.82, 2.24) is 0 Å². The zero-order valence-corrected chi connectivity index (χ0v) is 17.4. The van der Waals surface area contributed by atoms with Crippen LogP contribution in [0.1, 0.15) is 49.8 Å². The van der Waals surface area contributed by atoms with Crippen LogP contribution in [0.5, 0.6) is 5.75 Å². The number of methoxy groups -OCH3 is 1. The van der Waals surface area contributed by atoms with Crippen molar-refractivity contribution in [2.75, 3.05) is 19.0 Å². The molecule has 0 unspecified atom stereocenters. The number of benzene rings is 1. The lowest BCUT2D eigenvalue weighted by molar-refractivity contribution is 0.0527. The molecule has 144 valence electrons. The first-order valence-corrected chi connectivity index (χ1v) is 9.44. The first kappa shape index (κ1) is 21.2. The van der Waals surface area contributed by atoms with E-state index in [2.05, 4.69) is 5.32 Å². The molecule has 0 radical (unpaired) electrons. The van der Waals surface area contributed by atoms with Crippen LogP contribution in [0, 0.1) is 6.92 Å². The van der Waals surface area contributed by atoms with E-state index in [0.29, 0.717) is 10.4 Å². The van der Waals surface area contributed by atoms with E-state index in [1.165, 1.54) is 26.2 Å². The van der Waals surface area contributed by atoms with Crippen LogP contribution in [-0.2, 0) is 4.74 Å². The molecule has 1 N–H and O–H groups in total. The molecule has 1 amide bonds. The van der Waals surface area contributed by atoms with Crippen LogP contribution >= 0.6 is 34.5 Å². The molecule has 0 fully saturated rings. The number of carbonyl (C=O) groups is 3. The third kappa shape index (κ3) is 4.43. The smallest absolute Gasteiger partial charge is 0.341 e. The number of carbonyl (C=O) groups excluding carboxylic acids is 3. The number of esters is 1. The minimum atomic E-state index is -0.611. The minimum absolute atomic E-state index is 0.158. The number of thiophene rings is 1. The third-order valence-corrected chi connectivity index (χ3v) is 5.51. The first-order chi connectivity index (χ1) is 12.7. The van der Waals surface area contributed by atoms with Gasteiger partial charge in [-0.3, -0.25) is 9.59 Å². The topological polar surface area (TPSA) is 81.7 Å². The molecule has 0 atom stereocenters. The van der Waals surface area contributed by atoms with E-state index < -0.39 is 11.9 Å². The van der Waals surface area contributed by atoms with Crippen molar-refractivity contribution in [3.05, 3.63) is 43.7 Å². The molecule has 0 aliphatic heterocycles. The Labute approximate surface area is 170 Å². The second kappa shape index (κ2) is 8.73. The molecular weight excluding hydrogens is 413 g/mol. The van der Waals surface area contributed by atoms with Crippen LogP contribution in [0.2, 0.25) is 10.0 Å². The maximum atomic E-state index is 12.6. The molecule has 27 heavy (non-hydrogen) atoms. The number of Topliss-reactive ketones (excluding diaryl/α,β-unsaturated/α-hetero) is 1. The summed E-state index contributed by atoms with van der Waals surface area (Å²) >= 11 is 13.2. The van der Waals surface area contributed by atoms with E-state index in [4.69, 9.17) is 32.7 Å².